The molecule has 0 aromatic heterocycles. The van der Waals surface area contributed by atoms with Gasteiger partial charge in [0.05, 0.1) is 7.11 Å². The van der Waals surface area contributed by atoms with E-state index in [0.717, 1.165) is 18.7 Å². The Morgan fingerprint density at radius 3 is 2.85 bits per heavy atom. The lowest BCUT2D eigenvalue weighted by Crippen LogP contribution is -2.35. The quantitative estimate of drug-likeness (QED) is 0.783. The Morgan fingerprint density at radius 1 is 1.10 bits per heavy atom. The fourth-order valence-corrected chi connectivity index (χ4v) is 3.73. The van der Waals surface area contributed by atoms with Gasteiger partial charge in [0.1, 0.15) is 5.75 Å². The minimum absolute atomic E-state index is 0.523. The number of ether oxygens (including phenoxy) is 1. The van der Waals surface area contributed by atoms with Crippen molar-refractivity contribution in [1.29, 1.82) is 0 Å². The number of hydrogen-bond donors (Lipinski definition) is 0. The molecule has 0 saturated carbocycles. The highest BCUT2D eigenvalue weighted by molar-refractivity contribution is 5.76. The molecule has 0 radical (unpaired) electrons. The molecule has 0 bridgehead atoms. The number of benzene rings is 2. The second-order valence-electron chi connectivity index (χ2n) is 5.85. The lowest BCUT2D eigenvalue weighted by atomic mass is 9.77. The number of likely N-dealkylation sites (N-methyl/N-ethyl adjacent to an activating group) is 1. The Hall–Kier alpha value is -1.80. The Morgan fingerprint density at radius 2 is 2.00 bits per heavy atom. The van der Waals surface area contributed by atoms with Gasteiger partial charge in [0.15, 0.2) is 0 Å². The summed E-state index contributed by atoms with van der Waals surface area (Å²) in [5.74, 6) is 0.960. The molecule has 0 fully saturated rings. The summed E-state index contributed by atoms with van der Waals surface area (Å²) in [4.78, 5) is 2.49. The summed E-state index contributed by atoms with van der Waals surface area (Å²) in [6.45, 7) is 1.15. The zero-order valence-corrected chi connectivity index (χ0v) is 12.0. The molecule has 1 heterocycles. The second-order valence-corrected chi connectivity index (χ2v) is 5.85. The third-order valence-corrected chi connectivity index (χ3v) is 4.81. The third-order valence-electron chi connectivity index (χ3n) is 4.81. The van der Waals surface area contributed by atoms with Crippen LogP contribution in [0.1, 0.15) is 22.7 Å². The summed E-state index contributed by atoms with van der Waals surface area (Å²) in [6.07, 6.45) is 2.26. The van der Waals surface area contributed by atoms with Gasteiger partial charge in [-0.3, -0.25) is 4.90 Å². The van der Waals surface area contributed by atoms with Gasteiger partial charge >= 0.3 is 0 Å². The first-order chi connectivity index (χ1) is 9.78. The lowest BCUT2D eigenvalue weighted by molar-refractivity contribution is 0.228. The van der Waals surface area contributed by atoms with Crippen molar-refractivity contribution in [3.8, 4) is 16.9 Å². The molecular formula is C18H19NO. The molecule has 0 N–H and O–H groups in total. The van der Waals surface area contributed by atoms with E-state index in [-0.39, 0.29) is 0 Å². The van der Waals surface area contributed by atoms with Gasteiger partial charge in [-0.05, 0) is 59.8 Å². The van der Waals surface area contributed by atoms with Crippen LogP contribution in [0.4, 0.5) is 0 Å². The molecule has 1 atom stereocenters. The maximum Gasteiger partial charge on any atom is 0.119 e. The van der Waals surface area contributed by atoms with Crippen molar-refractivity contribution < 1.29 is 4.74 Å². The smallest absolute Gasteiger partial charge is 0.119 e. The Bertz CT molecular complexity index is 677. The number of methoxy groups -OCH3 is 1. The maximum absolute atomic E-state index is 5.39. The summed E-state index contributed by atoms with van der Waals surface area (Å²) in [7, 11) is 3.99. The van der Waals surface area contributed by atoms with Gasteiger partial charge in [-0.2, -0.15) is 0 Å². The van der Waals surface area contributed by atoms with Crippen LogP contribution in [0.15, 0.2) is 36.4 Å². The zero-order valence-electron chi connectivity index (χ0n) is 12.0. The van der Waals surface area contributed by atoms with Crippen LogP contribution in [0.25, 0.3) is 11.1 Å². The van der Waals surface area contributed by atoms with Crippen LogP contribution in [0.5, 0.6) is 5.75 Å². The van der Waals surface area contributed by atoms with Crippen molar-refractivity contribution in [2.45, 2.75) is 18.9 Å². The molecule has 2 aromatic carbocycles. The van der Waals surface area contributed by atoms with E-state index in [2.05, 4.69) is 48.3 Å². The van der Waals surface area contributed by atoms with E-state index in [1.54, 1.807) is 12.7 Å². The van der Waals surface area contributed by atoms with Gasteiger partial charge in [-0.25, -0.2) is 0 Å². The summed E-state index contributed by atoms with van der Waals surface area (Å²) in [6, 6.07) is 13.8. The highest BCUT2D eigenvalue weighted by Crippen LogP contribution is 2.45. The van der Waals surface area contributed by atoms with E-state index in [1.807, 2.05) is 0 Å². The topological polar surface area (TPSA) is 12.5 Å². The van der Waals surface area contributed by atoms with E-state index in [9.17, 15) is 0 Å². The van der Waals surface area contributed by atoms with Crippen LogP contribution in [0.3, 0.4) is 0 Å². The predicted molar refractivity (Wildman–Crippen MR) is 81.2 cm³/mol. The molecule has 1 aliphatic carbocycles. The van der Waals surface area contributed by atoms with Crippen molar-refractivity contribution in [3.05, 3.63) is 53.1 Å². The Labute approximate surface area is 120 Å². The second kappa shape index (κ2) is 4.35. The fourth-order valence-electron chi connectivity index (χ4n) is 3.73. The van der Waals surface area contributed by atoms with Crippen molar-refractivity contribution in [3.63, 3.8) is 0 Å². The maximum atomic E-state index is 5.39. The molecule has 2 aliphatic rings. The molecule has 102 valence electrons. The van der Waals surface area contributed by atoms with Gasteiger partial charge < -0.3 is 4.74 Å². The van der Waals surface area contributed by atoms with E-state index >= 15 is 0 Å². The molecule has 4 rings (SSSR count). The first-order valence-corrected chi connectivity index (χ1v) is 7.27. The van der Waals surface area contributed by atoms with E-state index in [1.165, 1.54) is 28.7 Å². The van der Waals surface area contributed by atoms with E-state index in [4.69, 9.17) is 4.74 Å². The van der Waals surface area contributed by atoms with E-state index < -0.39 is 0 Å². The van der Waals surface area contributed by atoms with Crippen molar-refractivity contribution >= 4 is 0 Å². The number of nitrogens with zero attached hydrogens (tertiary/aromatic N) is 1. The van der Waals surface area contributed by atoms with Crippen LogP contribution in [-0.4, -0.2) is 25.6 Å². The normalized spacial score (nSPS) is 20.2. The highest BCUT2D eigenvalue weighted by Gasteiger charge is 2.32. The Balaban J connectivity index is 1.96. The number of fused-ring (bicyclic) bond motifs is 2. The molecule has 0 amide bonds. The lowest BCUT2D eigenvalue weighted by Gasteiger charge is -2.39. The van der Waals surface area contributed by atoms with Crippen molar-refractivity contribution in [1.82, 2.24) is 4.90 Å². The molecule has 20 heavy (non-hydrogen) atoms. The molecule has 0 spiro atoms. The van der Waals surface area contributed by atoms with Gasteiger partial charge in [-0.1, -0.05) is 24.3 Å². The SMILES string of the molecule is COc1ccc2c(c1)CC1c3c(cccc3-2)CCN1C. The fraction of sp³-hybridized carbons (Fsp3) is 0.333. The highest BCUT2D eigenvalue weighted by atomic mass is 16.5. The first-order valence-electron chi connectivity index (χ1n) is 7.27. The van der Waals surface area contributed by atoms with Crippen LogP contribution >= 0.6 is 0 Å². The molecular weight excluding hydrogens is 246 g/mol. The van der Waals surface area contributed by atoms with Crippen molar-refractivity contribution in [2.24, 2.45) is 0 Å². The van der Waals surface area contributed by atoms with Crippen molar-refractivity contribution in [2.75, 3.05) is 20.7 Å². The summed E-state index contributed by atoms with van der Waals surface area (Å²) in [5.41, 5.74) is 7.30. The monoisotopic (exact) mass is 265 g/mol. The predicted octanol–water partition coefficient (Wildman–Crippen LogP) is 3.45. The largest absolute Gasteiger partial charge is 0.497 e. The van der Waals surface area contributed by atoms with Crippen LogP contribution in [-0.2, 0) is 12.8 Å². The minimum atomic E-state index is 0.523. The Kier molecular flexibility index (Phi) is 2.61. The van der Waals surface area contributed by atoms with Crippen LogP contribution < -0.4 is 4.74 Å². The summed E-state index contributed by atoms with van der Waals surface area (Å²) in [5, 5.41) is 0. The zero-order chi connectivity index (χ0) is 13.7. The molecule has 2 aromatic rings. The molecule has 0 saturated heterocycles. The number of rotatable bonds is 1. The minimum Gasteiger partial charge on any atom is -0.497 e. The molecule has 2 nitrogen and oxygen atoms in total. The van der Waals surface area contributed by atoms with Crippen LogP contribution in [0, 0.1) is 0 Å². The third kappa shape index (κ3) is 1.61. The molecule has 2 heteroatoms. The van der Waals surface area contributed by atoms with Gasteiger partial charge in [0.25, 0.3) is 0 Å². The molecule has 1 aliphatic heterocycles. The van der Waals surface area contributed by atoms with Gasteiger partial charge in [0.2, 0.25) is 0 Å². The van der Waals surface area contributed by atoms with E-state index in [0.29, 0.717) is 6.04 Å². The van der Waals surface area contributed by atoms with Crippen LogP contribution in [0.2, 0.25) is 0 Å². The van der Waals surface area contributed by atoms with Gasteiger partial charge in [0, 0.05) is 12.6 Å². The molecule has 1 unspecified atom stereocenters. The first kappa shape index (κ1) is 12.0. The standard InChI is InChI=1S/C18H19NO/c1-19-9-8-12-4-3-5-16-15-7-6-14(20-2)10-13(15)11-17(19)18(12)16/h3-7,10,17H,8-9,11H2,1-2H3. The summed E-state index contributed by atoms with van der Waals surface area (Å²) < 4.78 is 5.39. The van der Waals surface area contributed by atoms with Gasteiger partial charge in [-0.15, -0.1) is 0 Å². The average molecular weight is 265 g/mol. The average Bonchev–Trinajstić information content (AvgIpc) is 2.50. The summed E-state index contributed by atoms with van der Waals surface area (Å²) >= 11 is 0. The number of hydrogen-bond acceptors (Lipinski definition) is 2.